The number of anilines is 1. The molecule has 5 rings (SSSR count). The van der Waals surface area contributed by atoms with Crippen LogP contribution >= 0.6 is 11.8 Å². The highest BCUT2D eigenvalue weighted by Gasteiger charge is 2.52. The number of amides is 3. The lowest BCUT2D eigenvalue weighted by molar-refractivity contribution is -0.117. The van der Waals surface area contributed by atoms with Crippen LogP contribution in [0.2, 0.25) is 0 Å². The van der Waals surface area contributed by atoms with Crippen molar-refractivity contribution in [2.45, 2.75) is 63.4 Å². The van der Waals surface area contributed by atoms with E-state index in [-0.39, 0.29) is 35.3 Å². The molecule has 0 spiro atoms. The number of piperidine rings is 2. The van der Waals surface area contributed by atoms with Crippen LogP contribution in [0.4, 0.5) is 10.5 Å². The van der Waals surface area contributed by atoms with Crippen LogP contribution in [0.15, 0.2) is 28.8 Å². The van der Waals surface area contributed by atoms with E-state index in [2.05, 4.69) is 60.2 Å². The zero-order chi connectivity index (χ0) is 22.4. The van der Waals surface area contributed by atoms with Gasteiger partial charge in [-0.05, 0) is 62.4 Å². The van der Waals surface area contributed by atoms with E-state index in [0.29, 0.717) is 10.8 Å². The van der Waals surface area contributed by atoms with Gasteiger partial charge in [-0.15, -0.1) is 0 Å². The molecule has 1 aromatic rings. The molecule has 0 saturated carbocycles. The van der Waals surface area contributed by atoms with E-state index in [1.54, 1.807) is 11.8 Å². The molecule has 3 amide bonds. The monoisotopic (exact) mass is 455 g/mol. The molecule has 4 aliphatic heterocycles. The molecule has 8 heteroatoms. The molecule has 3 fully saturated rings. The summed E-state index contributed by atoms with van der Waals surface area (Å²) in [4.78, 5) is 29.1. The number of hydrogen-bond donors (Lipinski definition) is 4. The Labute approximate surface area is 194 Å². The standard InChI is InChI=1S/C24H33N5O2S/c1-13(2)15-6-7-17(14(3)11-15)29-18-8-10-26-23-19(18)20(28-24(29)31)21(32-23)22(30)27-16-5-4-9-25-12-16/h6-7,11,13,16,18-19,23,25-26H,4-5,8-10,12H2,1-3H3,(H,27,30)(H,28,31)/t16-,18?,19?,23?/m1/s1. The van der Waals surface area contributed by atoms with E-state index in [1.165, 1.54) is 5.56 Å². The van der Waals surface area contributed by atoms with Gasteiger partial charge in [-0.1, -0.05) is 37.7 Å². The van der Waals surface area contributed by atoms with Crippen LogP contribution in [-0.4, -0.2) is 49.0 Å². The molecule has 1 aromatic carbocycles. The maximum absolute atomic E-state index is 13.4. The summed E-state index contributed by atoms with van der Waals surface area (Å²) < 4.78 is 0. The number of aryl methyl sites for hydroxylation is 1. The number of carbonyl (C=O) groups excluding carboxylic acids is 2. The van der Waals surface area contributed by atoms with E-state index in [1.807, 2.05) is 4.90 Å². The van der Waals surface area contributed by atoms with Crippen molar-refractivity contribution in [2.24, 2.45) is 5.92 Å². The van der Waals surface area contributed by atoms with Gasteiger partial charge in [-0.2, -0.15) is 0 Å². The Kier molecular flexibility index (Phi) is 5.94. The van der Waals surface area contributed by atoms with Crippen molar-refractivity contribution in [2.75, 3.05) is 24.5 Å². The Morgan fingerprint density at radius 3 is 2.81 bits per heavy atom. The molecule has 4 N–H and O–H groups in total. The first-order valence-corrected chi connectivity index (χ1v) is 12.7. The Morgan fingerprint density at radius 1 is 1.25 bits per heavy atom. The zero-order valence-electron chi connectivity index (χ0n) is 19.0. The van der Waals surface area contributed by atoms with E-state index < -0.39 is 0 Å². The predicted octanol–water partition coefficient (Wildman–Crippen LogP) is 2.78. The van der Waals surface area contributed by atoms with Gasteiger partial charge < -0.3 is 21.3 Å². The highest BCUT2D eigenvalue weighted by Crippen LogP contribution is 2.48. The molecule has 0 bridgehead atoms. The smallest absolute Gasteiger partial charge is 0.326 e. The first kappa shape index (κ1) is 21.8. The molecule has 0 aromatic heterocycles. The third-order valence-electron chi connectivity index (χ3n) is 7.13. The van der Waals surface area contributed by atoms with Crippen molar-refractivity contribution in [3.8, 4) is 0 Å². The summed E-state index contributed by atoms with van der Waals surface area (Å²) in [6, 6.07) is 6.47. The van der Waals surface area contributed by atoms with Crippen molar-refractivity contribution >= 4 is 29.4 Å². The van der Waals surface area contributed by atoms with E-state index in [4.69, 9.17) is 0 Å². The van der Waals surface area contributed by atoms with Crippen molar-refractivity contribution in [3.05, 3.63) is 39.9 Å². The van der Waals surface area contributed by atoms with Gasteiger partial charge in [0.05, 0.1) is 16.3 Å². The summed E-state index contributed by atoms with van der Waals surface area (Å²) in [5.74, 6) is 0.475. The zero-order valence-corrected chi connectivity index (χ0v) is 19.8. The van der Waals surface area contributed by atoms with Crippen LogP contribution in [0, 0.1) is 12.8 Å². The fourth-order valence-electron chi connectivity index (χ4n) is 5.44. The number of rotatable bonds is 4. The van der Waals surface area contributed by atoms with Crippen LogP contribution in [0.5, 0.6) is 0 Å². The Hall–Kier alpha value is -2.03. The molecular weight excluding hydrogens is 422 g/mol. The molecule has 4 aliphatic rings. The summed E-state index contributed by atoms with van der Waals surface area (Å²) in [7, 11) is 0. The van der Waals surface area contributed by atoms with Gasteiger partial charge in [0.25, 0.3) is 5.91 Å². The summed E-state index contributed by atoms with van der Waals surface area (Å²) in [6.07, 6.45) is 2.93. The van der Waals surface area contributed by atoms with Gasteiger partial charge in [0.15, 0.2) is 0 Å². The van der Waals surface area contributed by atoms with E-state index in [0.717, 1.165) is 55.8 Å². The topological polar surface area (TPSA) is 85.5 Å². The lowest BCUT2D eigenvalue weighted by Crippen LogP contribution is -2.62. The summed E-state index contributed by atoms with van der Waals surface area (Å²) in [5, 5.41) is 13.3. The van der Waals surface area contributed by atoms with Crippen LogP contribution in [0.1, 0.15) is 50.2 Å². The number of hydrogen-bond acceptors (Lipinski definition) is 5. The summed E-state index contributed by atoms with van der Waals surface area (Å²) in [6.45, 7) is 9.09. The average Bonchev–Trinajstić information content (AvgIpc) is 3.15. The second-order valence-corrected chi connectivity index (χ2v) is 10.8. The molecule has 4 heterocycles. The first-order valence-electron chi connectivity index (χ1n) is 11.8. The van der Waals surface area contributed by atoms with Gasteiger partial charge in [0.2, 0.25) is 0 Å². The number of benzene rings is 1. The minimum absolute atomic E-state index is 0.0442. The van der Waals surface area contributed by atoms with Gasteiger partial charge >= 0.3 is 6.03 Å². The third-order valence-corrected chi connectivity index (χ3v) is 8.48. The lowest BCUT2D eigenvalue weighted by Gasteiger charge is -2.46. The number of carbonyl (C=O) groups is 2. The third kappa shape index (κ3) is 3.82. The second-order valence-electron chi connectivity index (χ2n) is 9.63. The predicted molar refractivity (Wildman–Crippen MR) is 129 cm³/mol. The molecule has 4 atom stereocenters. The quantitative estimate of drug-likeness (QED) is 0.561. The Bertz CT molecular complexity index is 956. The van der Waals surface area contributed by atoms with Crippen molar-refractivity contribution < 1.29 is 9.59 Å². The van der Waals surface area contributed by atoms with E-state index in [9.17, 15) is 9.59 Å². The largest absolute Gasteiger partial charge is 0.348 e. The minimum Gasteiger partial charge on any atom is -0.348 e. The fraction of sp³-hybridized carbons (Fsp3) is 0.583. The summed E-state index contributed by atoms with van der Waals surface area (Å²) in [5.41, 5.74) is 4.16. The van der Waals surface area contributed by atoms with Crippen LogP contribution in [0.25, 0.3) is 0 Å². The minimum atomic E-state index is -0.130. The molecule has 32 heavy (non-hydrogen) atoms. The maximum Gasteiger partial charge on any atom is 0.326 e. The fourth-order valence-corrected chi connectivity index (χ4v) is 6.84. The van der Waals surface area contributed by atoms with Crippen molar-refractivity contribution in [1.82, 2.24) is 21.3 Å². The van der Waals surface area contributed by atoms with Gasteiger partial charge in [-0.3, -0.25) is 9.69 Å². The molecule has 172 valence electrons. The highest BCUT2D eigenvalue weighted by molar-refractivity contribution is 8.04. The number of nitrogens with zero attached hydrogens (tertiary/aromatic N) is 1. The van der Waals surface area contributed by atoms with Gasteiger partial charge in [0, 0.05) is 29.9 Å². The van der Waals surface area contributed by atoms with Gasteiger partial charge in [0.1, 0.15) is 0 Å². The maximum atomic E-state index is 13.4. The first-order chi connectivity index (χ1) is 15.4. The molecule has 0 aliphatic carbocycles. The SMILES string of the molecule is Cc1cc(C(C)C)ccc1N1C(=O)NC2=C(C(=O)N[C@@H]3CCCNC3)SC3NCCC1C23. The lowest BCUT2D eigenvalue weighted by atomic mass is 9.86. The number of thioether (sulfide) groups is 1. The van der Waals surface area contributed by atoms with Crippen molar-refractivity contribution in [1.29, 1.82) is 0 Å². The van der Waals surface area contributed by atoms with Crippen LogP contribution < -0.4 is 26.2 Å². The average molecular weight is 456 g/mol. The molecule has 7 nitrogen and oxygen atoms in total. The Balaban J connectivity index is 1.44. The van der Waals surface area contributed by atoms with Gasteiger partial charge in [-0.25, -0.2) is 4.79 Å². The highest BCUT2D eigenvalue weighted by atomic mass is 32.2. The summed E-state index contributed by atoms with van der Waals surface area (Å²) >= 11 is 1.57. The normalized spacial score (nSPS) is 29.8. The van der Waals surface area contributed by atoms with Crippen molar-refractivity contribution in [3.63, 3.8) is 0 Å². The molecular formula is C24H33N5O2S. The van der Waals surface area contributed by atoms with Crippen LogP contribution in [-0.2, 0) is 4.79 Å². The van der Waals surface area contributed by atoms with Crippen LogP contribution in [0.3, 0.4) is 0 Å². The second kappa shape index (κ2) is 8.72. The molecule has 0 radical (unpaired) electrons. The number of nitrogens with one attached hydrogen (secondary N) is 4. The Morgan fingerprint density at radius 2 is 2.09 bits per heavy atom. The van der Waals surface area contributed by atoms with E-state index >= 15 is 0 Å². The number of urea groups is 1. The molecule has 3 unspecified atom stereocenters. The molecule has 3 saturated heterocycles.